The molecule has 4 rings (SSSR count). The number of aromatic amines is 1. The van der Waals surface area contributed by atoms with E-state index < -0.39 is 5.60 Å². The molecule has 29 heavy (non-hydrogen) atoms. The maximum absolute atomic E-state index is 12.7. The molecule has 0 saturated carbocycles. The smallest absolute Gasteiger partial charge is 0.120 e. The third-order valence-corrected chi connectivity index (χ3v) is 5.38. The van der Waals surface area contributed by atoms with Crippen LogP contribution in [0.2, 0.25) is 0 Å². The van der Waals surface area contributed by atoms with Crippen LogP contribution < -0.4 is 0 Å². The normalized spacial score (nSPS) is 16.1. The summed E-state index contributed by atoms with van der Waals surface area (Å²) in [5.74, 6) is 5.80. The topological polar surface area (TPSA) is 70.0 Å². The number of aromatic nitrogens is 4. The number of pyridine rings is 1. The molecule has 2 N–H and O–H groups in total. The van der Waals surface area contributed by atoms with Gasteiger partial charge in [0, 0.05) is 54.6 Å². The Morgan fingerprint density at radius 1 is 1.31 bits per heavy atom. The van der Waals surface area contributed by atoms with E-state index in [0.29, 0.717) is 18.3 Å². The predicted octanol–water partition coefficient (Wildman–Crippen LogP) is 3.16. The molecule has 0 bridgehead atoms. The molecule has 3 aromatic rings. The van der Waals surface area contributed by atoms with Gasteiger partial charge in [0.25, 0.3) is 0 Å². The summed E-state index contributed by atoms with van der Waals surface area (Å²) in [6.45, 7) is 5.34. The minimum absolute atomic E-state index is 0.292. The molecule has 0 atom stereocenters. The molecule has 1 aliphatic heterocycles. The number of halogens is 1. The summed E-state index contributed by atoms with van der Waals surface area (Å²) >= 11 is 0. The fraction of sp³-hybridized carbons (Fsp3) is 0.455. The fourth-order valence-corrected chi connectivity index (χ4v) is 3.90. The van der Waals surface area contributed by atoms with E-state index in [1.807, 2.05) is 24.7 Å². The molecular weight excluding hydrogens is 369 g/mol. The van der Waals surface area contributed by atoms with Gasteiger partial charge in [0.2, 0.25) is 0 Å². The Labute approximate surface area is 169 Å². The molecule has 1 saturated heterocycles. The van der Waals surface area contributed by atoms with E-state index in [0.717, 1.165) is 48.0 Å². The molecule has 1 aliphatic rings. The summed E-state index contributed by atoms with van der Waals surface area (Å²) < 4.78 is 14.9. The Balaban J connectivity index is 1.73. The van der Waals surface area contributed by atoms with Gasteiger partial charge in [0.1, 0.15) is 18.0 Å². The predicted molar refractivity (Wildman–Crippen MR) is 111 cm³/mol. The molecule has 3 aromatic heterocycles. The van der Waals surface area contributed by atoms with Gasteiger partial charge in [-0.3, -0.25) is 5.10 Å². The lowest BCUT2D eigenvalue weighted by molar-refractivity contribution is 0.143. The molecule has 6 nitrogen and oxygen atoms in total. The molecule has 0 amide bonds. The number of piperidine rings is 1. The number of rotatable bonds is 4. The van der Waals surface area contributed by atoms with Crippen molar-refractivity contribution in [3.8, 4) is 23.0 Å². The van der Waals surface area contributed by atoms with Gasteiger partial charge in [-0.2, -0.15) is 5.10 Å². The van der Waals surface area contributed by atoms with Crippen molar-refractivity contribution in [3.05, 3.63) is 36.5 Å². The first-order chi connectivity index (χ1) is 13.9. The average Bonchev–Trinajstić information content (AvgIpc) is 3.34. The zero-order valence-electron chi connectivity index (χ0n) is 16.8. The van der Waals surface area contributed by atoms with Crippen molar-refractivity contribution in [2.75, 3.05) is 26.3 Å². The second-order valence-corrected chi connectivity index (χ2v) is 8.09. The van der Waals surface area contributed by atoms with Crippen LogP contribution in [0.4, 0.5) is 4.39 Å². The van der Waals surface area contributed by atoms with Crippen LogP contribution >= 0.6 is 0 Å². The van der Waals surface area contributed by atoms with Crippen molar-refractivity contribution < 1.29 is 9.50 Å². The number of nitrogens with one attached hydrogen (secondary N) is 1. The molecule has 0 aliphatic carbocycles. The third-order valence-electron chi connectivity index (χ3n) is 5.38. The Morgan fingerprint density at radius 2 is 2.10 bits per heavy atom. The van der Waals surface area contributed by atoms with Crippen LogP contribution in [0, 0.1) is 11.8 Å². The molecule has 4 heterocycles. The minimum Gasteiger partial charge on any atom is -0.378 e. The number of hydrogen-bond acceptors (Lipinski definition) is 4. The van der Waals surface area contributed by atoms with E-state index in [1.54, 1.807) is 13.8 Å². The lowest BCUT2D eigenvalue weighted by Crippen LogP contribution is -2.35. The zero-order valence-corrected chi connectivity index (χ0v) is 16.8. The van der Waals surface area contributed by atoms with Gasteiger partial charge < -0.3 is 14.6 Å². The standard InChI is InChI=1S/C22H26FN5O/c1-22(2,29)6-3-17-11-19-20(16-12-25-26-13-16)15-28(21(19)14-24-17)18-4-8-27(9-5-18)10-7-23/h11-15,18,29H,4-5,7-10H2,1-2H3,(H,25,26). The number of alkyl halides is 1. The van der Waals surface area contributed by atoms with Crippen molar-refractivity contribution in [2.45, 2.75) is 38.3 Å². The number of H-pyrrole nitrogens is 1. The average molecular weight is 395 g/mol. The van der Waals surface area contributed by atoms with Crippen LogP contribution in [0.5, 0.6) is 0 Å². The largest absolute Gasteiger partial charge is 0.378 e. The van der Waals surface area contributed by atoms with Crippen molar-refractivity contribution >= 4 is 10.9 Å². The first-order valence-electron chi connectivity index (χ1n) is 9.98. The van der Waals surface area contributed by atoms with Crippen molar-refractivity contribution in [1.29, 1.82) is 0 Å². The van der Waals surface area contributed by atoms with Crippen molar-refractivity contribution in [2.24, 2.45) is 0 Å². The van der Waals surface area contributed by atoms with Crippen molar-refractivity contribution in [1.82, 2.24) is 24.6 Å². The van der Waals surface area contributed by atoms with E-state index in [-0.39, 0.29) is 6.67 Å². The second kappa shape index (κ2) is 7.97. The highest BCUT2D eigenvalue weighted by Crippen LogP contribution is 2.35. The Kier molecular flexibility index (Phi) is 5.39. The summed E-state index contributed by atoms with van der Waals surface area (Å²) in [4.78, 5) is 6.70. The first kappa shape index (κ1) is 19.6. The summed E-state index contributed by atoms with van der Waals surface area (Å²) in [6.07, 6.45) is 9.68. The van der Waals surface area contributed by atoms with E-state index in [9.17, 15) is 9.50 Å². The quantitative estimate of drug-likeness (QED) is 0.666. The first-order valence-corrected chi connectivity index (χ1v) is 9.98. The number of hydrogen-bond donors (Lipinski definition) is 2. The molecule has 1 fully saturated rings. The number of likely N-dealkylation sites (tertiary alicyclic amines) is 1. The van der Waals surface area contributed by atoms with Crippen LogP contribution in [0.3, 0.4) is 0 Å². The number of aliphatic hydroxyl groups is 1. The summed E-state index contributed by atoms with van der Waals surface area (Å²) in [5, 5.41) is 17.9. The van der Waals surface area contributed by atoms with Crippen LogP contribution in [-0.2, 0) is 0 Å². The van der Waals surface area contributed by atoms with Gasteiger partial charge >= 0.3 is 0 Å². The Bertz CT molecular complexity index is 1030. The maximum Gasteiger partial charge on any atom is 0.120 e. The fourth-order valence-electron chi connectivity index (χ4n) is 3.90. The van der Waals surface area contributed by atoms with Gasteiger partial charge in [-0.25, -0.2) is 9.37 Å². The van der Waals surface area contributed by atoms with Gasteiger partial charge in [-0.05, 0) is 38.7 Å². The van der Waals surface area contributed by atoms with E-state index >= 15 is 0 Å². The SMILES string of the molecule is CC(C)(O)C#Cc1cc2c(-c3cn[nH]c3)cn(C3CCN(CCF)CC3)c2cn1. The van der Waals surface area contributed by atoms with Crippen LogP contribution in [0.25, 0.3) is 22.0 Å². The molecular formula is C22H26FN5O. The van der Waals surface area contributed by atoms with Crippen LogP contribution in [-0.4, -0.2) is 61.7 Å². The molecule has 0 spiro atoms. The highest BCUT2D eigenvalue weighted by molar-refractivity contribution is 5.96. The molecule has 0 unspecified atom stereocenters. The summed E-state index contributed by atoms with van der Waals surface area (Å²) in [7, 11) is 0. The highest BCUT2D eigenvalue weighted by atomic mass is 19.1. The lowest BCUT2D eigenvalue weighted by Gasteiger charge is -2.32. The molecule has 152 valence electrons. The zero-order chi connectivity index (χ0) is 20.4. The van der Waals surface area contributed by atoms with Gasteiger partial charge in [0.05, 0.1) is 17.9 Å². The lowest BCUT2D eigenvalue weighted by atomic mass is 10.0. The molecule has 0 aromatic carbocycles. The Hall–Kier alpha value is -2.69. The summed E-state index contributed by atoms with van der Waals surface area (Å²) in [6, 6.07) is 2.33. The Morgan fingerprint density at radius 3 is 2.76 bits per heavy atom. The molecule has 0 radical (unpaired) electrons. The van der Waals surface area contributed by atoms with Crippen LogP contribution in [0.15, 0.2) is 30.9 Å². The highest BCUT2D eigenvalue weighted by Gasteiger charge is 2.23. The second-order valence-electron chi connectivity index (χ2n) is 8.09. The van der Waals surface area contributed by atoms with Gasteiger partial charge in [0.15, 0.2) is 0 Å². The summed E-state index contributed by atoms with van der Waals surface area (Å²) in [5.41, 5.74) is 2.70. The third kappa shape index (κ3) is 4.34. The molecule has 7 heteroatoms. The van der Waals surface area contributed by atoms with Gasteiger partial charge in [-0.1, -0.05) is 5.92 Å². The van der Waals surface area contributed by atoms with E-state index in [4.69, 9.17) is 0 Å². The maximum atomic E-state index is 12.7. The number of fused-ring (bicyclic) bond motifs is 1. The minimum atomic E-state index is -1.07. The van der Waals surface area contributed by atoms with Gasteiger partial charge in [-0.15, -0.1) is 0 Å². The van der Waals surface area contributed by atoms with Crippen molar-refractivity contribution in [3.63, 3.8) is 0 Å². The number of nitrogens with zero attached hydrogens (tertiary/aromatic N) is 4. The van der Waals surface area contributed by atoms with Crippen LogP contribution in [0.1, 0.15) is 38.4 Å². The van der Waals surface area contributed by atoms with E-state index in [2.05, 4.69) is 42.7 Å². The monoisotopic (exact) mass is 395 g/mol. The van der Waals surface area contributed by atoms with E-state index in [1.165, 1.54) is 0 Å².